The van der Waals surface area contributed by atoms with E-state index in [-0.39, 0.29) is 0 Å². The largest absolute Gasteiger partial charge is 0.385 e. The van der Waals surface area contributed by atoms with E-state index in [2.05, 4.69) is 32.6 Å². The molecule has 2 N–H and O–H groups in total. The molecule has 1 heterocycles. The van der Waals surface area contributed by atoms with Crippen LogP contribution >= 0.6 is 15.9 Å². The van der Waals surface area contributed by atoms with Crippen molar-refractivity contribution >= 4 is 21.6 Å². The van der Waals surface area contributed by atoms with E-state index < -0.39 is 0 Å². The molecule has 17 heavy (non-hydrogen) atoms. The highest BCUT2D eigenvalue weighted by Gasteiger charge is 2.12. The van der Waals surface area contributed by atoms with Gasteiger partial charge in [-0.15, -0.1) is 0 Å². The van der Waals surface area contributed by atoms with E-state index in [0.717, 1.165) is 29.7 Å². The topological polar surface area (TPSA) is 47.9 Å². The molecular formula is C13H16BrN3. The summed E-state index contributed by atoms with van der Waals surface area (Å²) in [6, 6.07) is 8.55. The van der Waals surface area contributed by atoms with Crippen LogP contribution in [0.25, 0.3) is 0 Å². The van der Waals surface area contributed by atoms with Gasteiger partial charge in [0.15, 0.2) is 0 Å². The van der Waals surface area contributed by atoms with Crippen LogP contribution in [-0.4, -0.2) is 19.1 Å². The number of anilines is 1. The minimum atomic E-state index is 0.671. The van der Waals surface area contributed by atoms with E-state index >= 15 is 0 Å². The normalized spacial score (nSPS) is 18.9. The molecule has 1 saturated heterocycles. The molecule has 1 aliphatic rings. The number of nitrogens with zero attached hydrogens (tertiary/aromatic N) is 1. The second-order valence-corrected chi connectivity index (χ2v) is 5.17. The van der Waals surface area contributed by atoms with Gasteiger partial charge in [-0.2, -0.15) is 5.26 Å². The van der Waals surface area contributed by atoms with Crippen LogP contribution in [0.4, 0.5) is 5.69 Å². The summed E-state index contributed by atoms with van der Waals surface area (Å²) < 4.78 is 0.851. The van der Waals surface area contributed by atoms with Crippen LogP contribution in [-0.2, 0) is 0 Å². The lowest BCUT2D eigenvalue weighted by Gasteiger charge is -2.12. The van der Waals surface area contributed by atoms with Crippen LogP contribution in [0.15, 0.2) is 22.7 Å². The quantitative estimate of drug-likeness (QED) is 0.897. The fourth-order valence-electron chi connectivity index (χ4n) is 2.11. The standard InChI is InChI=1S/C13H16BrN3/c14-13-8-12(4-3-10(13)9-15)17-7-5-11-2-1-6-16-11/h3-4,8,11,16-17H,1-2,5-7H2. The van der Waals surface area contributed by atoms with E-state index in [4.69, 9.17) is 5.26 Å². The Kier molecular flexibility index (Phi) is 4.41. The molecule has 0 amide bonds. The summed E-state index contributed by atoms with van der Waals surface area (Å²) in [5.41, 5.74) is 1.74. The van der Waals surface area contributed by atoms with E-state index in [9.17, 15) is 0 Å². The van der Waals surface area contributed by atoms with Gasteiger partial charge >= 0.3 is 0 Å². The fraction of sp³-hybridized carbons (Fsp3) is 0.462. The molecule has 0 spiro atoms. The van der Waals surface area contributed by atoms with Gasteiger partial charge in [0.2, 0.25) is 0 Å². The molecular weight excluding hydrogens is 278 g/mol. The molecule has 0 aliphatic carbocycles. The van der Waals surface area contributed by atoms with E-state index in [1.165, 1.54) is 12.8 Å². The average Bonchev–Trinajstić information content (AvgIpc) is 2.82. The predicted octanol–water partition coefficient (Wildman–Crippen LogP) is 2.87. The zero-order valence-electron chi connectivity index (χ0n) is 9.67. The van der Waals surface area contributed by atoms with Gasteiger partial charge in [-0.3, -0.25) is 0 Å². The average molecular weight is 294 g/mol. The first kappa shape index (κ1) is 12.4. The number of nitriles is 1. The van der Waals surface area contributed by atoms with Gasteiger partial charge < -0.3 is 10.6 Å². The van der Waals surface area contributed by atoms with Crippen molar-refractivity contribution in [2.75, 3.05) is 18.4 Å². The number of nitrogens with one attached hydrogen (secondary N) is 2. The third-order valence-corrected chi connectivity index (χ3v) is 3.73. The molecule has 3 nitrogen and oxygen atoms in total. The van der Waals surface area contributed by atoms with Gasteiger partial charge in [0.1, 0.15) is 6.07 Å². The molecule has 1 aromatic rings. The van der Waals surface area contributed by atoms with Crippen molar-refractivity contribution < 1.29 is 0 Å². The fourth-order valence-corrected chi connectivity index (χ4v) is 2.58. The van der Waals surface area contributed by atoms with Gasteiger partial charge in [0.25, 0.3) is 0 Å². The molecule has 0 radical (unpaired) electrons. The molecule has 1 aliphatic heterocycles. The van der Waals surface area contributed by atoms with E-state index in [0.29, 0.717) is 11.6 Å². The van der Waals surface area contributed by atoms with Crippen LogP contribution in [0.5, 0.6) is 0 Å². The van der Waals surface area contributed by atoms with Crippen molar-refractivity contribution in [3.63, 3.8) is 0 Å². The first-order chi connectivity index (χ1) is 8.29. The summed E-state index contributed by atoms with van der Waals surface area (Å²) >= 11 is 3.39. The Hall–Kier alpha value is -1.05. The van der Waals surface area contributed by atoms with Crippen molar-refractivity contribution in [1.29, 1.82) is 5.26 Å². The summed E-state index contributed by atoms with van der Waals surface area (Å²) in [6.07, 6.45) is 3.74. The maximum Gasteiger partial charge on any atom is 0.100 e. The Morgan fingerprint density at radius 3 is 3.06 bits per heavy atom. The molecule has 0 bridgehead atoms. The first-order valence-electron chi connectivity index (χ1n) is 5.96. The van der Waals surface area contributed by atoms with Crippen LogP contribution in [0.3, 0.4) is 0 Å². The molecule has 1 unspecified atom stereocenters. The predicted molar refractivity (Wildman–Crippen MR) is 73.0 cm³/mol. The minimum Gasteiger partial charge on any atom is -0.385 e. The number of halogens is 1. The maximum atomic E-state index is 8.82. The molecule has 4 heteroatoms. The molecule has 90 valence electrons. The van der Waals surface area contributed by atoms with Crippen molar-refractivity contribution in [2.45, 2.75) is 25.3 Å². The SMILES string of the molecule is N#Cc1ccc(NCCC2CCCN2)cc1Br. The zero-order chi connectivity index (χ0) is 12.1. The third kappa shape index (κ3) is 3.45. The number of benzene rings is 1. The monoisotopic (exact) mass is 293 g/mol. The lowest BCUT2D eigenvalue weighted by Crippen LogP contribution is -2.24. The molecule has 2 rings (SSSR count). The van der Waals surface area contributed by atoms with Gasteiger partial charge in [0, 0.05) is 22.7 Å². The second-order valence-electron chi connectivity index (χ2n) is 4.32. The number of hydrogen-bond donors (Lipinski definition) is 2. The molecule has 1 fully saturated rings. The lowest BCUT2D eigenvalue weighted by molar-refractivity contribution is 0.574. The highest BCUT2D eigenvalue weighted by atomic mass is 79.9. The Morgan fingerprint density at radius 2 is 2.41 bits per heavy atom. The highest BCUT2D eigenvalue weighted by Crippen LogP contribution is 2.21. The van der Waals surface area contributed by atoms with Crippen molar-refractivity contribution in [1.82, 2.24) is 5.32 Å². The zero-order valence-corrected chi connectivity index (χ0v) is 11.3. The van der Waals surface area contributed by atoms with E-state index in [1.807, 2.05) is 18.2 Å². The highest BCUT2D eigenvalue weighted by molar-refractivity contribution is 9.10. The summed E-state index contributed by atoms with van der Waals surface area (Å²) in [7, 11) is 0. The summed E-state index contributed by atoms with van der Waals surface area (Å²) in [5.74, 6) is 0. The first-order valence-corrected chi connectivity index (χ1v) is 6.76. The smallest absolute Gasteiger partial charge is 0.100 e. The number of rotatable bonds is 4. The van der Waals surface area contributed by atoms with Crippen molar-refractivity contribution in [3.8, 4) is 6.07 Å². The lowest BCUT2D eigenvalue weighted by atomic mass is 10.1. The molecule has 0 saturated carbocycles. The van der Waals surface area contributed by atoms with Crippen molar-refractivity contribution in [3.05, 3.63) is 28.2 Å². The summed E-state index contributed by atoms with van der Waals surface area (Å²) in [5, 5.41) is 15.7. The van der Waals surface area contributed by atoms with Crippen LogP contribution < -0.4 is 10.6 Å². The Balaban J connectivity index is 1.82. The number of hydrogen-bond acceptors (Lipinski definition) is 3. The maximum absolute atomic E-state index is 8.82. The Labute approximate surface area is 110 Å². The summed E-state index contributed by atoms with van der Waals surface area (Å²) in [4.78, 5) is 0. The molecule has 1 atom stereocenters. The second kappa shape index (κ2) is 6.04. The van der Waals surface area contributed by atoms with E-state index in [1.54, 1.807) is 0 Å². The van der Waals surface area contributed by atoms with Crippen LogP contribution in [0.1, 0.15) is 24.8 Å². The van der Waals surface area contributed by atoms with Crippen LogP contribution in [0, 0.1) is 11.3 Å². The van der Waals surface area contributed by atoms with Gasteiger partial charge in [-0.25, -0.2) is 0 Å². The Morgan fingerprint density at radius 1 is 1.53 bits per heavy atom. The molecule has 0 aromatic heterocycles. The van der Waals surface area contributed by atoms with Crippen molar-refractivity contribution in [2.24, 2.45) is 0 Å². The van der Waals surface area contributed by atoms with Crippen LogP contribution in [0.2, 0.25) is 0 Å². The van der Waals surface area contributed by atoms with Gasteiger partial charge in [-0.1, -0.05) is 0 Å². The third-order valence-electron chi connectivity index (χ3n) is 3.07. The van der Waals surface area contributed by atoms with Gasteiger partial charge in [-0.05, 0) is 59.9 Å². The minimum absolute atomic E-state index is 0.671. The molecule has 1 aromatic carbocycles. The van der Waals surface area contributed by atoms with Gasteiger partial charge in [0.05, 0.1) is 5.56 Å². The summed E-state index contributed by atoms with van der Waals surface area (Å²) in [6.45, 7) is 2.13. The Bertz CT molecular complexity index is 419.